The van der Waals surface area contributed by atoms with Crippen LogP contribution in [0.3, 0.4) is 0 Å². The maximum absolute atomic E-state index is 13.9. The Labute approximate surface area is 233 Å². The molecule has 0 aromatic heterocycles. The van der Waals surface area contributed by atoms with Crippen LogP contribution in [0, 0.1) is 0 Å². The van der Waals surface area contributed by atoms with Crippen molar-refractivity contribution in [3.05, 3.63) is 76.8 Å². The summed E-state index contributed by atoms with van der Waals surface area (Å²) in [4.78, 5) is 28.6. The zero-order valence-electron chi connectivity index (χ0n) is 21.8. The van der Waals surface area contributed by atoms with Crippen LogP contribution < -0.4 is 9.62 Å². The summed E-state index contributed by atoms with van der Waals surface area (Å²) in [6, 6.07) is 19.7. The lowest BCUT2D eigenvalue weighted by Crippen LogP contribution is -2.53. The number of benzene rings is 3. The molecule has 0 spiro atoms. The molecule has 1 aliphatic carbocycles. The van der Waals surface area contributed by atoms with Crippen molar-refractivity contribution in [3.63, 3.8) is 0 Å². The van der Waals surface area contributed by atoms with E-state index in [4.69, 9.17) is 0 Å². The number of nitrogens with one attached hydrogen (secondary N) is 1. The second-order valence-electron chi connectivity index (χ2n) is 9.94. The Morgan fingerprint density at radius 2 is 1.68 bits per heavy atom. The van der Waals surface area contributed by atoms with E-state index in [0.717, 1.165) is 57.1 Å². The Kier molecular flexibility index (Phi) is 9.10. The number of hydrogen-bond acceptors (Lipinski definition) is 4. The van der Waals surface area contributed by atoms with Gasteiger partial charge in [-0.05, 0) is 48.9 Å². The van der Waals surface area contributed by atoms with Gasteiger partial charge in [0.2, 0.25) is 21.8 Å². The van der Waals surface area contributed by atoms with Crippen LogP contribution in [-0.2, 0) is 26.2 Å². The van der Waals surface area contributed by atoms with E-state index in [0.29, 0.717) is 5.69 Å². The number of halogens is 1. The number of rotatable bonds is 9. The Morgan fingerprint density at radius 1 is 1.00 bits per heavy atom. The van der Waals surface area contributed by atoms with Crippen LogP contribution in [0.15, 0.2) is 71.2 Å². The molecule has 4 rings (SSSR count). The van der Waals surface area contributed by atoms with Crippen molar-refractivity contribution in [1.82, 2.24) is 10.2 Å². The molecule has 0 heterocycles. The highest BCUT2D eigenvalue weighted by molar-refractivity contribution is 9.10. The monoisotopic (exact) mass is 599 g/mol. The normalized spacial score (nSPS) is 15.1. The molecule has 7 nitrogen and oxygen atoms in total. The minimum absolute atomic E-state index is 0.102. The molecule has 0 saturated heterocycles. The first-order valence-corrected chi connectivity index (χ1v) is 15.6. The molecule has 0 bridgehead atoms. The summed E-state index contributed by atoms with van der Waals surface area (Å²) in [5.41, 5.74) is 1.27. The van der Waals surface area contributed by atoms with Gasteiger partial charge in [-0.1, -0.05) is 83.7 Å². The van der Waals surface area contributed by atoms with Crippen molar-refractivity contribution in [1.29, 1.82) is 0 Å². The van der Waals surface area contributed by atoms with Crippen LogP contribution in [0.25, 0.3) is 10.8 Å². The third-order valence-corrected chi connectivity index (χ3v) is 8.70. The van der Waals surface area contributed by atoms with Gasteiger partial charge in [0, 0.05) is 22.4 Å². The summed E-state index contributed by atoms with van der Waals surface area (Å²) < 4.78 is 27.9. The number of nitrogens with zero attached hydrogens (tertiary/aromatic N) is 2. The van der Waals surface area contributed by atoms with Gasteiger partial charge in [0.1, 0.15) is 12.6 Å². The molecule has 0 unspecified atom stereocenters. The van der Waals surface area contributed by atoms with E-state index in [2.05, 4.69) is 21.2 Å². The lowest BCUT2D eigenvalue weighted by atomic mass is 9.95. The standard InChI is InChI=1S/C29H34BrN3O4S/c1-21(29(35)31-25-14-4-3-5-15-25)32(19-22-10-8-13-24(30)18-22)28(34)20-33(38(2,36)37)27-17-9-12-23-11-6-7-16-26(23)27/h6-13,16-18,21,25H,3-5,14-15,19-20H2,1-2H3,(H,31,35)/t21-/m1/s1. The summed E-state index contributed by atoms with van der Waals surface area (Å²) in [5.74, 6) is -0.675. The molecule has 202 valence electrons. The molecule has 1 aliphatic rings. The zero-order valence-corrected chi connectivity index (χ0v) is 24.2. The van der Waals surface area contributed by atoms with Gasteiger partial charge >= 0.3 is 0 Å². The van der Waals surface area contributed by atoms with Crippen molar-refractivity contribution >= 4 is 54.2 Å². The topological polar surface area (TPSA) is 86.8 Å². The first-order valence-electron chi connectivity index (χ1n) is 12.9. The molecular weight excluding hydrogens is 566 g/mol. The minimum Gasteiger partial charge on any atom is -0.352 e. The van der Waals surface area contributed by atoms with Gasteiger partial charge < -0.3 is 10.2 Å². The van der Waals surface area contributed by atoms with Gasteiger partial charge in [0.15, 0.2) is 0 Å². The van der Waals surface area contributed by atoms with Crippen molar-refractivity contribution in [3.8, 4) is 0 Å². The molecule has 1 saturated carbocycles. The number of fused-ring (bicyclic) bond motifs is 1. The van der Waals surface area contributed by atoms with E-state index >= 15 is 0 Å². The number of carbonyl (C=O) groups excluding carboxylic acids is 2. The lowest BCUT2D eigenvalue weighted by Gasteiger charge is -2.33. The lowest BCUT2D eigenvalue weighted by molar-refractivity contribution is -0.139. The largest absolute Gasteiger partial charge is 0.352 e. The van der Waals surface area contributed by atoms with E-state index in [1.54, 1.807) is 19.1 Å². The van der Waals surface area contributed by atoms with Crippen molar-refractivity contribution in [2.75, 3.05) is 17.1 Å². The number of sulfonamides is 1. The second kappa shape index (κ2) is 12.3. The van der Waals surface area contributed by atoms with Crippen LogP contribution in [0.4, 0.5) is 5.69 Å². The molecule has 0 aliphatic heterocycles. The highest BCUT2D eigenvalue weighted by Gasteiger charge is 2.31. The van der Waals surface area contributed by atoms with Crippen LogP contribution in [0.5, 0.6) is 0 Å². The summed E-state index contributed by atoms with van der Waals surface area (Å²) in [5, 5.41) is 4.72. The molecule has 1 atom stereocenters. The fourth-order valence-electron chi connectivity index (χ4n) is 5.00. The molecule has 1 fully saturated rings. The van der Waals surface area contributed by atoms with Gasteiger partial charge in [-0.2, -0.15) is 0 Å². The maximum Gasteiger partial charge on any atom is 0.244 e. The number of hydrogen-bond donors (Lipinski definition) is 1. The molecule has 2 amide bonds. The first-order chi connectivity index (χ1) is 18.1. The Morgan fingerprint density at radius 3 is 2.39 bits per heavy atom. The molecular formula is C29H34BrN3O4S. The van der Waals surface area contributed by atoms with Crippen LogP contribution in [0.2, 0.25) is 0 Å². The van der Waals surface area contributed by atoms with E-state index in [1.807, 2.05) is 54.6 Å². The van der Waals surface area contributed by atoms with Crippen LogP contribution >= 0.6 is 15.9 Å². The Balaban J connectivity index is 1.64. The van der Waals surface area contributed by atoms with Crippen molar-refractivity contribution in [2.24, 2.45) is 0 Å². The summed E-state index contributed by atoms with van der Waals surface area (Å²) >= 11 is 3.47. The Bertz CT molecular complexity index is 1400. The number of carbonyl (C=O) groups is 2. The number of amides is 2. The molecule has 9 heteroatoms. The van der Waals surface area contributed by atoms with E-state index in [9.17, 15) is 18.0 Å². The van der Waals surface area contributed by atoms with Crippen LogP contribution in [0.1, 0.15) is 44.6 Å². The molecule has 1 N–H and O–H groups in total. The quantitative estimate of drug-likeness (QED) is 0.364. The predicted molar refractivity (Wildman–Crippen MR) is 155 cm³/mol. The average Bonchev–Trinajstić information content (AvgIpc) is 2.89. The smallest absolute Gasteiger partial charge is 0.244 e. The van der Waals surface area contributed by atoms with Gasteiger partial charge in [-0.25, -0.2) is 8.42 Å². The third kappa shape index (κ3) is 6.94. The Hall–Kier alpha value is -2.91. The molecule has 38 heavy (non-hydrogen) atoms. The fraction of sp³-hybridized carbons (Fsp3) is 0.379. The maximum atomic E-state index is 13.9. The SMILES string of the molecule is C[C@H](C(=O)NC1CCCCC1)N(Cc1cccc(Br)c1)C(=O)CN(c1cccc2ccccc12)S(C)(=O)=O. The highest BCUT2D eigenvalue weighted by atomic mass is 79.9. The minimum atomic E-state index is -3.81. The third-order valence-electron chi connectivity index (χ3n) is 7.08. The van der Waals surface area contributed by atoms with E-state index in [1.165, 1.54) is 11.3 Å². The fourth-order valence-corrected chi connectivity index (χ4v) is 6.31. The summed E-state index contributed by atoms with van der Waals surface area (Å²) in [6.07, 6.45) is 6.29. The second-order valence-corrected chi connectivity index (χ2v) is 12.8. The first kappa shape index (κ1) is 28.1. The van der Waals surface area contributed by atoms with Crippen LogP contribution in [-0.4, -0.2) is 50.0 Å². The van der Waals surface area contributed by atoms with Gasteiger partial charge in [0.05, 0.1) is 11.9 Å². The average molecular weight is 601 g/mol. The van der Waals surface area contributed by atoms with Crippen molar-refractivity contribution in [2.45, 2.75) is 57.7 Å². The summed E-state index contributed by atoms with van der Waals surface area (Å²) in [7, 11) is -3.81. The molecule has 0 radical (unpaired) electrons. The van der Waals surface area contributed by atoms with E-state index in [-0.39, 0.29) is 18.5 Å². The number of anilines is 1. The van der Waals surface area contributed by atoms with Gasteiger partial charge in [0.25, 0.3) is 0 Å². The molecule has 3 aromatic carbocycles. The summed E-state index contributed by atoms with van der Waals surface area (Å²) in [6.45, 7) is 1.46. The zero-order chi connectivity index (χ0) is 27.3. The van der Waals surface area contributed by atoms with Gasteiger partial charge in [-0.15, -0.1) is 0 Å². The highest BCUT2D eigenvalue weighted by Crippen LogP contribution is 2.29. The van der Waals surface area contributed by atoms with E-state index < -0.39 is 28.5 Å². The van der Waals surface area contributed by atoms with Gasteiger partial charge in [-0.3, -0.25) is 13.9 Å². The van der Waals surface area contributed by atoms with Crippen molar-refractivity contribution < 1.29 is 18.0 Å². The molecule has 3 aromatic rings. The predicted octanol–water partition coefficient (Wildman–Crippen LogP) is 5.23.